The SMILES string of the molecule is O=C(O/N=C1\[C@@H](OCc2ccccc2)[C@H](OCc2ccccc2)[C@@H](COCc2ccccc2)O[C@@H]1Br)c1ccccc1. The van der Waals surface area contributed by atoms with Gasteiger partial charge in [-0.1, -0.05) is 130 Å². The Morgan fingerprint density at radius 2 is 1.19 bits per heavy atom. The molecule has 0 aromatic heterocycles. The fourth-order valence-corrected chi connectivity index (χ4v) is 5.13. The highest BCUT2D eigenvalue weighted by molar-refractivity contribution is 9.09. The highest BCUT2D eigenvalue weighted by Gasteiger charge is 2.45. The summed E-state index contributed by atoms with van der Waals surface area (Å²) < 4.78 is 25.4. The van der Waals surface area contributed by atoms with Crippen LogP contribution in [-0.4, -0.2) is 41.6 Å². The Morgan fingerprint density at radius 3 is 1.76 bits per heavy atom. The number of oxime groups is 1. The third-order valence-corrected chi connectivity index (χ3v) is 7.36. The van der Waals surface area contributed by atoms with E-state index in [1.54, 1.807) is 24.3 Å². The number of nitrogens with zero attached hydrogens (tertiary/aromatic N) is 1. The van der Waals surface area contributed by atoms with Crippen LogP contribution in [0, 0.1) is 0 Å². The molecule has 0 spiro atoms. The highest BCUT2D eigenvalue weighted by Crippen LogP contribution is 2.29. The molecule has 4 aromatic rings. The van der Waals surface area contributed by atoms with E-state index in [-0.39, 0.29) is 6.61 Å². The number of benzene rings is 4. The largest absolute Gasteiger partial charge is 0.374 e. The van der Waals surface area contributed by atoms with Crippen LogP contribution in [0.1, 0.15) is 27.0 Å². The second-order valence-corrected chi connectivity index (χ2v) is 10.6. The number of rotatable bonds is 12. The van der Waals surface area contributed by atoms with Gasteiger partial charge in [0.1, 0.15) is 24.0 Å². The van der Waals surface area contributed by atoms with E-state index in [0.717, 1.165) is 16.7 Å². The summed E-state index contributed by atoms with van der Waals surface area (Å²) in [6.45, 7) is 1.28. The molecule has 7 nitrogen and oxygen atoms in total. The maximum atomic E-state index is 12.7. The van der Waals surface area contributed by atoms with Gasteiger partial charge >= 0.3 is 5.97 Å². The molecule has 216 valence electrons. The summed E-state index contributed by atoms with van der Waals surface area (Å²) in [5, 5.41) is 3.55. The average molecular weight is 631 g/mol. The molecule has 8 heteroatoms. The molecular formula is C34H32BrNO6. The van der Waals surface area contributed by atoms with Crippen molar-refractivity contribution in [1.82, 2.24) is 0 Å². The predicted molar refractivity (Wildman–Crippen MR) is 163 cm³/mol. The highest BCUT2D eigenvalue weighted by atomic mass is 79.9. The topological polar surface area (TPSA) is 75.6 Å². The lowest BCUT2D eigenvalue weighted by atomic mass is 10.00. The lowest BCUT2D eigenvalue weighted by Crippen LogP contribution is -2.57. The van der Waals surface area contributed by atoms with E-state index in [0.29, 0.717) is 31.1 Å². The minimum atomic E-state index is -0.707. The van der Waals surface area contributed by atoms with Gasteiger partial charge in [-0.15, -0.1) is 0 Å². The maximum Gasteiger partial charge on any atom is 0.365 e. The first-order valence-electron chi connectivity index (χ1n) is 13.7. The molecule has 42 heavy (non-hydrogen) atoms. The maximum absolute atomic E-state index is 12.7. The van der Waals surface area contributed by atoms with Crippen molar-refractivity contribution in [2.75, 3.05) is 6.61 Å². The molecule has 4 aromatic carbocycles. The van der Waals surface area contributed by atoms with Crippen LogP contribution in [0.5, 0.6) is 0 Å². The molecule has 1 saturated heterocycles. The van der Waals surface area contributed by atoms with E-state index in [4.69, 9.17) is 23.8 Å². The molecule has 0 radical (unpaired) electrons. The number of halogens is 1. The van der Waals surface area contributed by atoms with E-state index >= 15 is 0 Å². The molecule has 0 N–H and O–H groups in total. The molecule has 1 aliphatic heterocycles. The number of hydrogen-bond acceptors (Lipinski definition) is 7. The van der Waals surface area contributed by atoms with Crippen molar-refractivity contribution < 1.29 is 28.6 Å². The van der Waals surface area contributed by atoms with Crippen molar-refractivity contribution in [3.8, 4) is 0 Å². The van der Waals surface area contributed by atoms with Crippen molar-refractivity contribution >= 4 is 27.6 Å². The number of carbonyl (C=O) groups is 1. The molecule has 0 aliphatic carbocycles. The van der Waals surface area contributed by atoms with Gasteiger partial charge in [-0.05, 0) is 28.8 Å². The summed E-state index contributed by atoms with van der Waals surface area (Å²) >= 11 is 3.59. The number of ether oxygens (including phenoxy) is 4. The Kier molecular flexibility index (Phi) is 11.0. The molecule has 0 amide bonds. The van der Waals surface area contributed by atoms with Crippen LogP contribution in [-0.2, 0) is 43.6 Å². The summed E-state index contributed by atoms with van der Waals surface area (Å²) in [6, 6.07) is 38.3. The Bertz CT molecular complexity index is 1410. The van der Waals surface area contributed by atoms with Crippen LogP contribution in [0.15, 0.2) is 126 Å². The van der Waals surface area contributed by atoms with Gasteiger partial charge in [0.05, 0.1) is 32.0 Å². The molecule has 1 heterocycles. The quantitative estimate of drug-likeness (QED) is 0.0985. The normalized spacial score (nSPS) is 21.2. The van der Waals surface area contributed by atoms with Gasteiger partial charge in [-0.3, -0.25) is 0 Å². The predicted octanol–water partition coefficient (Wildman–Crippen LogP) is 6.71. The molecular weight excluding hydrogens is 598 g/mol. The number of carbonyl (C=O) groups excluding carboxylic acids is 1. The van der Waals surface area contributed by atoms with Crippen molar-refractivity contribution in [2.45, 2.75) is 43.1 Å². The van der Waals surface area contributed by atoms with Crippen LogP contribution in [0.3, 0.4) is 0 Å². The van der Waals surface area contributed by atoms with E-state index < -0.39 is 29.3 Å². The zero-order valence-corrected chi connectivity index (χ0v) is 24.5. The zero-order chi connectivity index (χ0) is 29.0. The Hall–Kier alpha value is -3.66. The minimum Gasteiger partial charge on any atom is -0.374 e. The van der Waals surface area contributed by atoms with Gasteiger partial charge in [-0.2, -0.15) is 0 Å². The monoisotopic (exact) mass is 629 g/mol. The molecule has 1 fully saturated rings. The summed E-state index contributed by atoms with van der Waals surface area (Å²) in [7, 11) is 0. The molecule has 0 saturated carbocycles. The number of hydrogen-bond donors (Lipinski definition) is 0. The van der Waals surface area contributed by atoms with Crippen LogP contribution in [0.2, 0.25) is 0 Å². The summed E-state index contributed by atoms with van der Waals surface area (Å²) in [5.41, 5.74) is 3.77. The van der Waals surface area contributed by atoms with Crippen molar-refractivity contribution in [3.05, 3.63) is 144 Å². The Morgan fingerprint density at radius 1 is 0.690 bits per heavy atom. The van der Waals surface area contributed by atoms with Crippen LogP contribution in [0.25, 0.3) is 0 Å². The fraction of sp³-hybridized carbons (Fsp3) is 0.235. The lowest BCUT2D eigenvalue weighted by molar-refractivity contribution is -0.163. The van der Waals surface area contributed by atoms with Gasteiger partial charge in [-0.25, -0.2) is 4.79 Å². The molecule has 0 bridgehead atoms. The summed E-state index contributed by atoms with van der Waals surface area (Å²) in [4.78, 5) is 18.1. The van der Waals surface area contributed by atoms with Crippen LogP contribution < -0.4 is 0 Å². The minimum absolute atomic E-state index is 0.249. The first kappa shape index (κ1) is 29.8. The second-order valence-electron chi connectivity index (χ2n) is 9.73. The van der Waals surface area contributed by atoms with Gasteiger partial charge in [0.2, 0.25) is 0 Å². The molecule has 0 unspecified atom stereocenters. The average Bonchev–Trinajstić information content (AvgIpc) is 3.04. The van der Waals surface area contributed by atoms with Crippen LogP contribution in [0.4, 0.5) is 0 Å². The first-order chi connectivity index (χ1) is 20.7. The summed E-state index contributed by atoms with van der Waals surface area (Å²) in [6.07, 6.45) is -1.83. The van der Waals surface area contributed by atoms with E-state index in [1.165, 1.54) is 0 Å². The Labute approximate surface area is 254 Å². The van der Waals surface area contributed by atoms with Gasteiger partial charge in [0, 0.05) is 0 Å². The summed E-state index contributed by atoms with van der Waals surface area (Å²) in [5.74, 6) is -0.584. The van der Waals surface area contributed by atoms with E-state index in [1.807, 2.05) is 97.1 Å². The van der Waals surface area contributed by atoms with E-state index in [2.05, 4.69) is 21.1 Å². The lowest BCUT2D eigenvalue weighted by Gasteiger charge is -2.40. The Balaban J connectivity index is 1.40. The van der Waals surface area contributed by atoms with Gasteiger partial charge in [0.15, 0.2) is 5.01 Å². The van der Waals surface area contributed by atoms with E-state index in [9.17, 15) is 4.79 Å². The molecule has 5 rings (SSSR count). The third-order valence-electron chi connectivity index (χ3n) is 6.68. The van der Waals surface area contributed by atoms with Crippen molar-refractivity contribution in [1.29, 1.82) is 0 Å². The molecule has 1 aliphatic rings. The number of alkyl halides is 1. The van der Waals surface area contributed by atoms with Crippen molar-refractivity contribution in [3.63, 3.8) is 0 Å². The van der Waals surface area contributed by atoms with Gasteiger partial charge in [0.25, 0.3) is 0 Å². The van der Waals surface area contributed by atoms with Crippen molar-refractivity contribution in [2.24, 2.45) is 5.16 Å². The first-order valence-corrected chi connectivity index (χ1v) is 14.7. The second kappa shape index (κ2) is 15.5. The third kappa shape index (κ3) is 8.44. The fourth-order valence-electron chi connectivity index (χ4n) is 4.51. The molecule has 4 atom stereocenters. The standard InChI is InChI=1S/C34H32BrNO6/c35-33-30(36-42-34(37)28-19-11-4-12-20-28)32(40-23-27-17-9-3-10-18-27)31(39-22-26-15-7-2-8-16-26)29(41-33)24-38-21-25-13-5-1-6-14-25/h1-20,29,31-33H,21-24H2/b36-30+/t29-,31-,32-,33+/m1/s1. The smallest absolute Gasteiger partial charge is 0.365 e. The zero-order valence-electron chi connectivity index (χ0n) is 23.0. The van der Waals surface area contributed by atoms with Gasteiger partial charge < -0.3 is 23.8 Å². The van der Waals surface area contributed by atoms with Crippen LogP contribution >= 0.6 is 15.9 Å².